The van der Waals surface area contributed by atoms with Crippen molar-refractivity contribution in [2.24, 2.45) is 0 Å². The molecule has 1 heterocycles. The number of rotatable bonds is 6. The number of carbonyl (C=O) groups is 3. The lowest BCUT2D eigenvalue weighted by Gasteiger charge is -2.14. The number of alkyl halides is 3. The molecular weight excluding hydrogens is 423 g/mol. The van der Waals surface area contributed by atoms with Gasteiger partial charge in [-0.3, -0.25) is 14.5 Å². The maximum absolute atomic E-state index is 12.9. The first-order valence-electron chi connectivity index (χ1n) is 8.97. The minimum atomic E-state index is -4.69. The SMILES string of the molecule is O=C(CN1C(=O)NC(CCc2ccccc2)C1=O)Nc1ccc(Cl)c(C(F)(F)F)c1. The topological polar surface area (TPSA) is 78.5 Å². The first-order valence-corrected chi connectivity index (χ1v) is 9.35. The number of hydrogen-bond acceptors (Lipinski definition) is 3. The van der Waals surface area contributed by atoms with Crippen LogP contribution in [0.25, 0.3) is 0 Å². The van der Waals surface area contributed by atoms with Crippen molar-refractivity contribution < 1.29 is 27.6 Å². The minimum Gasteiger partial charge on any atom is -0.326 e. The van der Waals surface area contributed by atoms with Crippen LogP contribution in [0.5, 0.6) is 0 Å². The molecule has 2 aromatic rings. The van der Waals surface area contributed by atoms with E-state index in [0.29, 0.717) is 18.9 Å². The second-order valence-electron chi connectivity index (χ2n) is 6.69. The normalized spacial score (nSPS) is 16.5. The predicted molar refractivity (Wildman–Crippen MR) is 104 cm³/mol. The third-order valence-electron chi connectivity index (χ3n) is 4.53. The first kappa shape index (κ1) is 21.6. The van der Waals surface area contributed by atoms with Gasteiger partial charge < -0.3 is 10.6 Å². The number of benzene rings is 2. The highest BCUT2D eigenvalue weighted by Gasteiger charge is 2.38. The fourth-order valence-corrected chi connectivity index (χ4v) is 3.27. The van der Waals surface area contributed by atoms with Gasteiger partial charge in [0.15, 0.2) is 0 Å². The fraction of sp³-hybridized carbons (Fsp3) is 0.250. The molecule has 1 aliphatic rings. The molecule has 1 atom stereocenters. The number of halogens is 4. The first-order chi connectivity index (χ1) is 14.1. The van der Waals surface area contributed by atoms with Crippen LogP contribution < -0.4 is 10.6 Å². The highest BCUT2D eigenvalue weighted by Crippen LogP contribution is 2.36. The Morgan fingerprint density at radius 2 is 1.83 bits per heavy atom. The summed E-state index contributed by atoms with van der Waals surface area (Å²) in [7, 11) is 0. The number of aryl methyl sites for hydroxylation is 1. The van der Waals surface area contributed by atoms with Gasteiger partial charge in [0.05, 0.1) is 10.6 Å². The molecule has 1 unspecified atom stereocenters. The molecule has 1 aliphatic heterocycles. The highest BCUT2D eigenvalue weighted by molar-refractivity contribution is 6.31. The molecule has 6 nitrogen and oxygen atoms in total. The van der Waals surface area contributed by atoms with Gasteiger partial charge in [0.25, 0.3) is 5.91 Å². The summed E-state index contributed by atoms with van der Waals surface area (Å²) in [6.45, 7) is -0.615. The molecule has 2 aromatic carbocycles. The monoisotopic (exact) mass is 439 g/mol. The molecule has 0 radical (unpaired) electrons. The number of nitrogens with zero attached hydrogens (tertiary/aromatic N) is 1. The van der Waals surface area contributed by atoms with Gasteiger partial charge in [0.2, 0.25) is 5.91 Å². The number of nitrogens with one attached hydrogen (secondary N) is 2. The largest absolute Gasteiger partial charge is 0.417 e. The molecule has 0 aromatic heterocycles. The molecule has 0 aliphatic carbocycles. The van der Waals surface area contributed by atoms with Gasteiger partial charge in [-0.05, 0) is 36.6 Å². The molecule has 0 saturated carbocycles. The number of urea groups is 1. The lowest BCUT2D eigenvalue weighted by Crippen LogP contribution is -2.38. The third-order valence-corrected chi connectivity index (χ3v) is 4.86. The predicted octanol–water partition coefficient (Wildman–Crippen LogP) is 3.85. The van der Waals surface area contributed by atoms with E-state index in [-0.39, 0.29) is 5.69 Å². The van der Waals surface area contributed by atoms with Crippen molar-refractivity contribution in [3.63, 3.8) is 0 Å². The van der Waals surface area contributed by atoms with E-state index < -0.39 is 47.2 Å². The Hall–Kier alpha value is -3.07. The summed E-state index contributed by atoms with van der Waals surface area (Å²) in [5, 5.41) is 4.27. The summed E-state index contributed by atoms with van der Waals surface area (Å²) in [6.07, 6.45) is -3.77. The van der Waals surface area contributed by atoms with Gasteiger partial charge in [0, 0.05) is 5.69 Å². The quantitative estimate of drug-likeness (QED) is 0.671. The van der Waals surface area contributed by atoms with Crippen molar-refractivity contribution in [3.8, 4) is 0 Å². The van der Waals surface area contributed by atoms with Crippen LogP contribution in [0.4, 0.5) is 23.7 Å². The van der Waals surface area contributed by atoms with E-state index in [4.69, 9.17) is 11.6 Å². The van der Waals surface area contributed by atoms with Gasteiger partial charge in [0.1, 0.15) is 12.6 Å². The lowest BCUT2D eigenvalue weighted by molar-refractivity contribution is -0.137. The second-order valence-corrected chi connectivity index (χ2v) is 7.10. The number of anilines is 1. The van der Waals surface area contributed by atoms with Crippen LogP contribution >= 0.6 is 11.6 Å². The third kappa shape index (κ3) is 5.10. The molecule has 1 saturated heterocycles. The van der Waals surface area contributed by atoms with Crippen LogP contribution in [0.2, 0.25) is 5.02 Å². The van der Waals surface area contributed by atoms with Crippen molar-refractivity contribution >= 4 is 35.1 Å². The van der Waals surface area contributed by atoms with Crippen molar-refractivity contribution in [1.29, 1.82) is 0 Å². The smallest absolute Gasteiger partial charge is 0.326 e. The molecule has 158 valence electrons. The van der Waals surface area contributed by atoms with Gasteiger partial charge in [-0.1, -0.05) is 41.9 Å². The Bertz CT molecular complexity index is 967. The van der Waals surface area contributed by atoms with Gasteiger partial charge >= 0.3 is 12.2 Å². The van der Waals surface area contributed by atoms with E-state index in [1.54, 1.807) is 0 Å². The minimum absolute atomic E-state index is 0.149. The van der Waals surface area contributed by atoms with Gasteiger partial charge in [-0.25, -0.2) is 4.79 Å². The van der Waals surface area contributed by atoms with Crippen molar-refractivity contribution in [2.75, 3.05) is 11.9 Å². The van der Waals surface area contributed by atoms with E-state index in [0.717, 1.165) is 16.5 Å². The molecule has 2 N–H and O–H groups in total. The average Bonchev–Trinajstić information content (AvgIpc) is 2.95. The molecule has 0 spiro atoms. The summed E-state index contributed by atoms with van der Waals surface area (Å²) >= 11 is 5.54. The van der Waals surface area contributed by atoms with Crippen LogP contribution in [-0.4, -0.2) is 35.3 Å². The summed E-state index contributed by atoms with van der Waals surface area (Å²) in [5.74, 6) is -1.36. The zero-order valence-corrected chi connectivity index (χ0v) is 16.3. The Morgan fingerprint density at radius 3 is 2.50 bits per heavy atom. The lowest BCUT2D eigenvalue weighted by atomic mass is 10.1. The van der Waals surface area contributed by atoms with E-state index in [1.807, 2.05) is 30.3 Å². The van der Waals surface area contributed by atoms with Crippen LogP contribution in [-0.2, 0) is 22.2 Å². The van der Waals surface area contributed by atoms with Crippen molar-refractivity contribution in [3.05, 3.63) is 64.7 Å². The Balaban J connectivity index is 1.60. The molecule has 10 heteroatoms. The summed E-state index contributed by atoms with van der Waals surface area (Å²) in [6, 6.07) is 10.8. The van der Waals surface area contributed by atoms with Crippen LogP contribution in [0.3, 0.4) is 0 Å². The average molecular weight is 440 g/mol. The molecule has 30 heavy (non-hydrogen) atoms. The Labute approximate surface area is 175 Å². The van der Waals surface area contributed by atoms with Crippen LogP contribution in [0.15, 0.2) is 48.5 Å². The number of hydrogen-bond donors (Lipinski definition) is 2. The second kappa shape index (κ2) is 8.74. The molecular formula is C20H17ClF3N3O3. The van der Waals surface area contributed by atoms with E-state index in [1.165, 1.54) is 6.07 Å². The van der Waals surface area contributed by atoms with E-state index in [2.05, 4.69) is 10.6 Å². The number of carbonyl (C=O) groups excluding carboxylic acids is 3. The van der Waals surface area contributed by atoms with E-state index >= 15 is 0 Å². The number of amides is 4. The molecule has 1 fully saturated rings. The number of imide groups is 1. The summed E-state index contributed by atoms with van der Waals surface area (Å²) in [5.41, 5.74) is -0.249. The summed E-state index contributed by atoms with van der Waals surface area (Å²) < 4.78 is 38.8. The molecule has 0 bridgehead atoms. The highest BCUT2D eigenvalue weighted by atomic mass is 35.5. The van der Waals surface area contributed by atoms with Crippen LogP contribution in [0.1, 0.15) is 17.5 Å². The van der Waals surface area contributed by atoms with Crippen LogP contribution in [0, 0.1) is 0 Å². The molecule has 4 amide bonds. The fourth-order valence-electron chi connectivity index (χ4n) is 3.04. The zero-order chi connectivity index (χ0) is 21.9. The maximum Gasteiger partial charge on any atom is 0.417 e. The van der Waals surface area contributed by atoms with Gasteiger partial charge in [-0.15, -0.1) is 0 Å². The molecule has 3 rings (SSSR count). The van der Waals surface area contributed by atoms with E-state index in [9.17, 15) is 27.6 Å². The Kier molecular flexibility index (Phi) is 6.31. The zero-order valence-electron chi connectivity index (χ0n) is 15.5. The van der Waals surface area contributed by atoms with Crippen molar-refractivity contribution in [1.82, 2.24) is 10.2 Å². The standard InChI is InChI=1S/C20H17ClF3N3O3/c21-15-8-7-13(10-14(15)20(22,23)24)25-17(28)11-27-18(29)16(26-19(27)30)9-6-12-4-2-1-3-5-12/h1-5,7-8,10,16H,6,9,11H2,(H,25,28)(H,26,30). The Morgan fingerprint density at radius 1 is 1.13 bits per heavy atom. The van der Waals surface area contributed by atoms with Gasteiger partial charge in [-0.2, -0.15) is 13.2 Å². The maximum atomic E-state index is 12.9. The summed E-state index contributed by atoms with van der Waals surface area (Å²) in [4.78, 5) is 37.5. The van der Waals surface area contributed by atoms with Crippen molar-refractivity contribution in [2.45, 2.75) is 25.1 Å².